The standard InChI is InChI=1S/C17H27ClN4S/c1-21(2)10-6-9-19-17(23)20-15-13-14(18)7-8-16(15)22-11-4-3-5-12-22/h7-8,13H,3-6,9-12H2,1-2H3,(H2,19,20,23)/p+1. The number of thiocarbonyl (C=S) groups is 1. The molecule has 1 heterocycles. The molecule has 2 rings (SSSR count). The van der Waals surface area contributed by atoms with Gasteiger partial charge in [0.25, 0.3) is 0 Å². The van der Waals surface area contributed by atoms with Crippen molar-refractivity contribution in [2.75, 3.05) is 50.5 Å². The summed E-state index contributed by atoms with van der Waals surface area (Å²) < 4.78 is 0. The Hall–Kier alpha value is -1.04. The van der Waals surface area contributed by atoms with E-state index in [0.717, 1.165) is 43.3 Å². The lowest BCUT2D eigenvalue weighted by atomic mass is 10.1. The van der Waals surface area contributed by atoms with Gasteiger partial charge in [-0.25, -0.2) is 0 Å². The summed E-state index contributed by atoms with van der Waals surface area (Å²) in [5, 5.41) is 8.00. The first kappa shape index (κ1) is 18.3. The summed E-state index contributed by atoms with van der Waals surface area (Å²) in [6, 6.07) is 6.00. The largest absolute Gasteiger partial charge is 0.370 e. The molecule has 0 unspecified atom stereocenters. The molecule has 0 spiro atoms. The lowest BCUT2D eigenvalue weighted by Crippen LogP contribution is -3.05. The molecule has 4 nitrogen and oxygen atoms in total. The number of anilines is 2. The third-order valence-electron chi connectivity index (χ3n) is 4.04. The van der Waals surface area contributed by atoms with Gasteiger partial charge in [0.1, 0.15) is 0 Å². The van der Waals surface area contributed by atoms with Crippen LogP contribution in [0.3, 0.4) is 0 Å². The molecule has 1 aliphatic rings. The van der Waals surface area contributed by atoms with Gasteiger partial charge >= 0.3 is 0 Å². The average molecular weight is 356 g/mol. The molecule has 0 atom stereocenters. The van der Waals surface area contributed by atoms with E-state index in [2.05, 4.69) is 35.7 Å². The van der Waals surface area contributed by atoms with Crippen LogP contribution >= 0.6 is 23.8 Å². The van der Waals surface area contributed by atoms with Crippen LogP contribution < -0.4 is 20.4 Å². The molecular formula is C17H28ClN4S+. The van der Waals surface area contributed by atoms with Crippen LogP contribution in [0, 0.1) is 0 Å². The molecule has 0 aromatic heterocycles. The van der Waals surface area contributed by atoms with E-state index < -0.39 is 0 Å². The highest BCUT2D eigenvalue weighted by molar-refractivity contribution is 7.80. The molecule has 0 amide bonds. The van der Waals surface area contributed by atoms with E-state index in [-0.39, 0.29) is 0 Å². The van der Waals surface area contributed by atoms with Crippen LogP contribution in [0.25, 0.3) is 0 Å². The maximum absolute atomic E-state index is 6.18. The fourth-order valence-corrected chi connectivity index (χ4v) is 3.21. The topological polar surface area (TPSA) is 31.7 Å². The molecule has 23 heavy (non-hydrogen) atoms. The lowest BCUT2D eigenvalue weighted by Gasteiger charge is -2.31. The van der Waals surface area contributed by atoms with Crippen molar-refractivity contribution in [3.05, 3.63) is 23.2 Å². The number of hydrogen-bond donors (Lipinski definition) is 3. The molecular weight excluding hydrogens is 328 g/mol. The van der Waals surface area contributed by atoms with Gasteiger partial charge in [-0.15, -0.1) is 0 Å². The second-order valence-electron chi connectivity index (χ2n) is 6.40. The van der Waals surface area contributed by atoms with Crippen LogP contribution in [-0.2, 0) is 0 Å². The van der Waals surface area contributed by atoms with E-state index in [1.807, 2.05) is 12.1 Å². The molecule has 1 fully saturated rings. The van der Waals surface area contributed by atoms with E-state index in [9.17, 15) is 0 Å². The van der Waals surface area contributed by atoms with Crippen LogP contribution in [0.1, 0.15) is 25.7 Å². The summed E-state index contributed by atoms with van der Waals surface area (Å²) in [7, 11) is 4.32. The van der Waals surface area contributed by atoms with Crippen molar-refractivity contribution in [2.24, 2.45) is 0 Å². The zero-order chi connectivity index (χ0) is 16.7. The normalized spacial score (nSPS) is 14.9. The molecule has 1 aromatic carbocycles. The van der Waals surface area contributed by atoms with Crippen LogP contribution in [0.15, 0.2) is 18.2 Å². The predicted molar refractivity (Wildman–Crippen MR) is 104 cm³/mol. The zero-order valence-electron chi connectivity index (χ0n) is 14.1. The number of nitrogens with zero attached hydrogens (tertiary/aromatic N) is 1. The Kier molecular flexibility index (Phi) is 7.40. The fourth-order valence-electron chi connectivity index (χ4n) is 2.83. The van der Waals surface area contributed by atoms with Crippen molar-refractivity contribution in [2.45, 2.75) is 25.7 Å². The van der Waals surface area contributed by atoms with Gasteiger partial charge < -0.3 is 20.4 Å². The van der Waals surface area contributed by atoms with Crippen molar-refractivity contribution in [3.8, 4) is 0 Å². The van der Waals surface area contributed by atoms with Crippen molar-refractivity contribution in [1.29, 1.82) is 0 Å². The molecule has 128 valence electrons. The number of hydrogen-bond acceptors (Lipinski definition) is 2. The van der Waals surface area contributed by atoms with Gasteiger partial charge in [0.2, 0.25) is 0 Å². The smallest absolute Gasteiger partial charge is 0.170 e. The van der Waals surface area contributed by atoms with Crippen LogP contribution in [0.2, 0.25) is 5.02 Å². The first-order valence-corrected chi connectivity index (χ1v) is 9.23. The minimum Gasteiger partial charge on any atom is -0.370 e. The Balaban J connectivity index is 1.94. The van der Waals surface area contributed by atoms with Gasteiger partial charge in [-0.05, 0) is 49.7 Å². The summed E-state index contributed by atoms with van der Waals surface area (Å²) in [6.07, 6.45) is 4.91. The minimum atomic E-state index is 0.666. The zero-order valence-corrected chi connectivity index (χ0v) is 15.7. The maximum Gasteiger partial charge on any atom is 0.170 e. The number of benzene rings is 1. The van der Waals surface area contributed by atoms with Crippen LogP contribution in [0.5, 0.6) is 0 Å². The molecule has 0 saturated carbocycles. The molecule has 0 aliphatic carbocycles. The minimum absolute atomic E-state index is 0.666. The molecule has 1 aliphatic heterocycles. The highest BCUT2D eigenvalue weighted by Gasteiger charge is 2.15. The van der Waals surface area contributed by atoms with Crippen LogP contribution in [0.4, 0.5) is 11.4 Å². The Morgan fingerprint density at radius 3 is 2.70 bits per heavy atom. The summed E-state index contributed by atoms with van der Waals surface area (Å²) in [5.74, 6) is 0. The SMILES string of the molecule is C[NH+](C)CCCNC(=S)Nc1cc(Cl)ccc1N1CCCCC1. The number of quaternary nitrogens is 1. The molecule has 3 N–H and O–H groups in total. The highest BCUT2D eigenvalue weighted by Crippen LogP contribution is 2.31. The Labute approximate surface area is 150 Å². The van der Waals surface area contributed by atoms with Gasteiger partial charge in [0.15, 0.2) is 5.11 Å². The van der Waals surface area contributed by atoms with Gasteiger partial charge in [-0.2, -0.15) is 0 Å². The summed E-state index contributed by atoms with van der Waals surface area (Å²) >= 11 is 11.6. The van der Waals surface area contributed by atoms with E-state index >= 15 is 0 Å². The summed E-state index contributed by atoms with van der Waals surface area (Å²) in [6.45, 7) is 4.21. The van der Waals surface area contributed by atoms with Gasteiger partial charge in [0, 0.05) is 31.1 Å². The Bertz CT molecular complexity index is 515. The molecule has 0 bridgehead atoms. The second kappa shape index (κ2) is 9.30. The number of halogens is 1. The van der Waals surface area contributed by atoms with Crippen LogP contribution in [-0.4, -0.2) is 45.4 Å². The average Bonchev–Trinajstić information content (AvgIpc) is 2.52. The third-order valence-corrected chi connectivity index (χ3v) is 4.52. The van der Waals surface area contributed by atoms with Gasteiger partial charge in [-0.3, -0.25) is 0 Å². The number of nitrogens with one attached hydrogen (secondary N) is 3. The summed E-state index contributed by atoms with van der Waals surface area (Å²) in [4.78, 5) is 3.87. The quantitative estimate of drug-likeness (QED) is 0.539. The predicted octanol–water partition coefficient (Wildman–Crippen LogP) is 2.15. The van der Waals surface area contributed by atoms with Crippen molar-refractivity contribution >= 4 is 40.3 Å². The Morgan fingerprint density at radius 1 is 1.26 bits per heavy atom. The fraction of sp³-hybridized carbons (Fsp3) is 0.588. The van der Waals surface area contributed by atoms with Gasteiger partial charge in [-0.1, -0.05) is 11.6 Å². The third kappa shape index (κ3) is 6.16. The molecule has 0 radical (unpaired) electrons. The van der Waals surface area contributed by atoms with Crippen molar-refractivity contribution in [1.82, 2.24) is 5.32 Å². The number of rotatable bonds is 6. The first-order chi connectivity index (χ1) is 11.1. The second-order valence-corrected chi connectivity index (χ2v) is 7.25. The highest BCUT2D eigenvalue weighted by atomic mass is 35.5. The first-order valence-electron chi connectivity index (χ1n) is 8.44. The van der Waals surface area contributed by atoms with E-state index in [1.54, 1.807) is 0 Å². The molecule has 1 saturated heterocycles. The van der Waals surface area contributed by atoms with E-state index in [0.29, 0.717) is 5.11 Å². The van der Waals surface area contributed by atoms with Crippen molar-refractivity contribution < 1.29 is 4.90 Å². The monoisotopic (exact) mass is 355 g/mol. The number of piperidine rings is 1. The Morgan fingerprint density at radius 2 is 2.00 bits per heavy atom. The molecule has 6 heteroatoms. The maximum atomic E-state index is 6.18. The van der Waals surface area contributed by atoms with Gasteiger partial charge in [0.05, 0.1) is 32.0 Å². The molecule has 1 aromatic rings. The van der Waals surface area contributed by atoms with E-state index in [1.165, 1.54) is 29.8 Å². The van der Waals surface area contributed by atoms with Crippen molar-refractivity contribution in [3.63, 3.8) is 0 Å². The summed E-state index contributed by atoms with van der Waals surface area (Å²) in [5.41, 5.74) is 2.19. The van der Waals surface area contributed by atoms with E-state index in [4.69, 9.17) is 23.8 Å². The lowest BCUT2D eigenvalue weighted by molar-refractivity contribution is -0.858.